The van der Waals surface area contributed by atoms with Crippen LogP contribution in [0.15, 0.2) is 23.1 Å². The Morgan fingerprint density at radius 3 is 2.33 bits per heavy atom. The largest absolute Gasteiger partial charge is 0.307 e. The summed E-state index contributed by atoms with van der Waals surface area (Å²) >= 11 is 5.70. The van der Waals surface area contributed by atoms with Crippen LogP contribution in [0.4, 0.5) is 5.69 Å². The van der Waals surface area contributed by atoms with E-state index in [0.717, 1.165) is 4.31 Å². The van der Waals surface area contributed by atoms with Gasteiger partial charge in [0.05, 0.1) is 4.92 Å². The van der Waals surface area contributed by atoms with Crippen LogP contribution in [0, 0.1) is 10.1 Å². The lowest BCUT2D eigenvalue weighted by Gasteiger charge is -2.18. The predicted molar refractivity (Wildman–Crippen MR) is 68.2 cm³/mol. The van der Waals surface area contributed by atoms with E-state index >= 15 is 0 Å². The molecule has 0 aliphatic heterocycles. The average Bonchev–Trinajstić information content (AvgIpc) is 2.29. The van der Waals surface area contributed by atoms with Crippen molar-refractivity contribution in [1.29, 1.82) is 0 Å². The lowest BCUT2D eigenvalue weighted by atomic mass is 10.3. The van der Waals surface area contributed by atoms with E-state index in [0.29, 0.717) is 0 Å². The molecule has 0 fully saturated rings. The molecule has 1 aromatic rings. The first-order valence-corrected chi connectivity index (χ1v) is 7.11. The van der Waals surface area contributed by atoms with E-state index in [1.165, 1.54) is 18.2 Å². The van der Waals surface area contributed by atoms with E-state index in [9.17, 15) is 18.5 Å². The molecule has 0 aromatic heterocycles. The molecule has 0 unspecified atom stereocenters. The van der Waals surface area contributed by atoms with Crippen LogP contribution in [0.25, 0.3) is 0 Å². The van der Waals surface area contributed by atoms with Crippen LogP contribution < -0.4 is 0 Å². The molecule has 0 radical (unpaired) electrons. The molecule has 0 aliphatic rings. The Morgan fingerprint density at radius 2 is 1.89 bits per heavy atom. The standard InChI is InChI=1S/C10H13ClN2O4S/c1-3-12(4-2)18(16,17)9-7-5-6-8(11)10(9)13(14)15/h5-7H,3-4H2,1-2H3. The smallest absolute Gasteiger partial charge is 0.258 e. The summed E-state index contributed by atoms with van der Waals surface area (Å²) in [6.07, 6.45) is 0. The molecule has 0 aliphatic carbocycles. The highest BCUT2D eigenvalue weighted by atomic mass is 35.5. The highest BCUT2D eigenvalue weighted by Gasteiger charge is 2.31. The van der Waals surface area contributed by atoms with Gasteiger partial charge in [0.15, 0.2) is 4.90 Å². The van der Waals surface area contributed by atoms with Crippen LogP contribution in [0.2, 0.25) is 5.02 Å². The Kier molecular flexibility index (Phi) is 4.66. The summed E-state index contributed by atoms with van der Waals surface area (Å²) in [4.78, 5) is 9.78. The Balaban J connectivity index is 3.51. The second kappa shape index (κ2) is 5.64. The minimum atomic E-state index is -3.89. The normalized spacial score (nSPS) is 11.8. The number of halogens is 1. The first-order chi connectivity index (χ1) is 8.36. The van der Waals surface area contributed by atoms with E-state index < -0.39 is 20.6 Å². The number of hydrogen-bond donors (Lipinski definition) is 0. The molecule has 100 valence electrons. The fourth-order valence-electron chi connectivity index (χ4n) is 1.58. The van der Waals surface area contributed by atoms with Crippen molar-refractivity contribution < 1.29 is 13.3 Å². The van der Waals surface area contributed by atoms with Crippen LogP contribution in [0.5, 0.6) is 0 Å². The third-order valence-electron chi connectivity index (χ3n) is 2.46. The summed E-state index contributed by atoms with van der Waals surface area (Å²) in [5.74, 6) is 0. The van der Waals surface area contributed by atoms with E-state index in [1.807, 2.05) is 0 Å². The highest BCUT2D eigenvalue weighted by molar-refractivity contribution is 7.89. The van der Waals surface area contributed by atoms with Gasteiger partial charge in [-0.05, 0) is 12.1 Å². The van der Waals surface area contributed by atoms with Crippen molar-refractivity contribution in [2.45, 2.75) is 18.7 Å². The van der Waals surface area contributed by atoms with Gasteiger partial charge < -0.3 is 0 Å². The highest BCUT2D eigenvalue weighted by Crippen LogP contribution is 2.33. The van der Waals surface area contributed by atoms with Gasteiger partial charge in [-0.2, -0.15) is 4.31 Å². The van der Waals surface area contributed by atoms with Crippen molar-refractivity contribution in [3.8, 4) is 0 Å². The maximum Gasteiger partial charge on any atom is 0.307 e. The lowest BCUT2D eigenvalue weighted by molar-refractivity contribution is -0.387. The molecule has 8 heteroatoms. The van der Waals surface area contributed by atoms with Crippen molar-refractivity contribution >= 4 is 27.3 Å². The molecule has 0 amide bonds. The summed E-state index contributed by atoms with van der Waals surface area (Å²) in [6.45, 7) is 3.81. The van der Waals surface area contributed by atoms with E-state index in [2.05, 4.69) is 0 Å². The monoisotopic (exact) mass is 292 g/mol. The van der Waals surface area contributed by atoms with Crippen molar-refractivity contribution in [3.05, 3.63) is 33.3 Å². The maximum atomic E-state index is 12.2. The first-order valence-electron chi connectivity index (χ1n) is 5.29. The van der Waals surface area contributed by atoms with Gasteiger partial charge in [-0.3, -0.25) is 10.1 Å². The van der Waals surface area contributed by atoms with Gasteiger partial charge in [-0.1, -0.05) is 31.5 Å². The van der Waals surface area contributed by atoms with E-state index in [1.54, 1.807) is 13.8 Å². The Labute approximate surface area is 110 Å². The number of benzene rings is 1. The molecule has 0 N–H and O–H groups in total. The molecule has 18 heavy (non-hydrogen) atoms. The van der Waals surface area contributed by atoms with Gasteiger partial charge in [0.2, 0.25) is 10.0 Å². The number of nitro groups is 1. The molecular weight excluding hydrogens is 280 g/mol. The summed E-state index contributed by atoms with van der Waals surface area (Å²) in [7, 11) is -3.89. The summed E-state index contributed by atoms with van der Waals surface area (Å²) in [6, 6.07) is 3.87. The minimum Gasteiger partial charge on any atom is -0.258 e. The van der Waals surface area contributed by atoms with Crippen LogP contribution in [0.1, 0.15) is 13.8 Å². The number of sulfonamides is 1. The number of rotatable bonds is 5. The SMILES string of the molecule is CCN(CC)S(=O)(=O)c1cccc(Cl)c1[N+](=O)[O-]. The molecule has 0 saturated carbocycles. The zero-order chi connectivity index (χ0) is 13.9. The molecular formula is C10H13ClN2O4S. The van der Waals surface area contributed by atoms with Crippen LogP contribution in [-0.2, 0) is 10.0 Å². The van der Waals surface area contributed by atoms with Gasteiger partial charge >= 0.3 is 5.69 Å². The predicted octanol–water partition coefficient (Wildman–Crippen LogP) is 2.28. The fraction of sp³-hybridized carbons (Fsp3) is 0.400. The van der Waals surface area contributed by atoms with Gasteiger partial charge in [0.1, 0.15) is 5.02 Å². The molecule has 0 bridgehead atoms. The topological polar surface area (TPSA) is 80.5 Å². The number of para-hydroxylation sites is 1. The molecule has 0 atom stereocenters. The van der Waals surface area contributed by atoms with Gasteiger partial charge in [0, 0.05) is 13.1 Å². The zero-order valence-electron chi connectivity index (χ0n) is 9.96. The molecule has 1 aromatic carbocycles. The van der Waals surface area contributed by atoms with Gasteiger partial charge in [-0.15, -0.1) is 0 Å². The third-order valence-corrected chi connectivity index (χ3v) is 4.84. The van der Waals surface area contributed by atoms with Crippen LogP contribution in [-0.4, -0.2) is 30.7 Å². The maximum absolute atomic E-state index is 12.2. The van der Waals surface area contributed by atoms with E-state index in [-0.39, 0.29) is 23.0 Å². The summed E-state index contributed by atoms with van der Waals surface area (Å²) in [5, 5.41) is 10.7. The quantitative estimate of drug-likeness (QED) is 0.616. The summed E-state index contributed by atoms with van der Waals surface area (Å²) < 4.78 is 25.6. The Morgan fingerprint density at radius 1 is 1.33 bits per heavy atom. The van der Waals surface area contributed by atoms with Gasteiger partial charge in [-0.25, -0.2) is 8.42 Å². The van der Waals surface area contributed by atoms with E-state index in [4.69, 9.17) is 11.6 Å². The van der Waals surface area contributed by atoms with Crippen molar-refractivity contribution in [3.63, 3.8) is 0 Å². The first kappa shape index (κ1) is 14.9. The molecule has 0 heterocycles. The second-order valence-corrected chi connectivity index (χ2v) is 5.75. The summed E-state index contributed by atoms with van der Waals surface area (Å²) in [5.41, 5.74) is -0.578. The third kappa shape index (κ3) is 2.63. The minimum absolute atomic E-state index is 0.187. The van der Waals surface area contributed by atoms with Gasteiger partial charge in [0.25, 0.3) is 0 Å². The fourth-order valence-corrected chi connectivity index (χ4v) is 3.52. The lowest BCUT2D eigenvalue weighted by Crippen LogP contribution is -2.31. The molecule has 1 rings (SSSR count). The van der Waals surface area contributed by atoms with Crippen molar-refractivity contribution in [1.82, 2.24) is 4.31 Å². The average molecular weight is 293 g/mol. The Bertz CT molecular complexity index is 555. The molecule has 0 saturated heterocycles. The Hall–Kier alpha value is -1.18. The molecule has 0 spiro atoms. The number of nitro benzene ring substituents is 1. The number of nitrogens with zero attached hydrogens (tertiary/aromatic N) is 2. The van der Waals surface area contributed by atoms with Crippen LogP contribution >= 0.6 is 11.6 Å². The molecule has 6 nitrogen and oxygen atoms in total. The van der Waals surface area contributed by atoms with Crippen LogP contribution in [0.3, 0.4) is 0 Å². The zero-order valence-corrected chi connectivity index (χ0v) is 11.5. The van der Waals surface area contributed by atoms with Crippen molar-refractivity contribution in [2.24, 2.45) is 0 Å². The second-order valence-electron chi connectivity index (χ2n) is 3.43. The van der Waals surface area contributed by atoms with Crippen molar-refractivity contribution in [2.75, 3.05) is 13.1 Å². The number of hydrogen-bond acceptors (Lipinski definition) is 4.